The third kappa shape index (κ3) is 1.71. The highest BCUT2D eigenvalue weighted by Crippen LogP contribution is 2.24. The fourth-order valence-electron chi connectivity index (χ4n) is 1.91. The van der Waals surface area contributed by atoms with E-state index in [9.17, 15) is 4.39 Å². The van der Waals surface area contributed by atoms with Gasteiger partial charge in [0.1, 0.15) is 5.82 Å². The van der Waals surface area contributed by atoms with Gasteiger partial charge in [0, 0.05) is 23.5 Å². The van der Waals surface area contributed by atoms with E-state index in [-0.39, 0.29) is 5.82 Å². The van der Waals surface area contributed by atoms with Crippen LogP contribution in [0.25, 0.3) is 10.9 Å². The molecule has 2 nitrogen and oxygen atoms in total. The number of fused-ring (bicyclic) bond motifs is 1. The van der Waals surface area contributed by atoms with Crippen molar-refractivity contribution in [1.29, 1.82) is 5.26 Å². The predicted molar refractivity (Wildman–Crippen MR) is 56.9 cm³/mol. The van der Waals surface area contributed by atoms with E-state index in [1.807, 2.05) is 13.1 Å². The number of rotatable bonds is 2. The molecule has 0 bridgehead atoms. The van der Waals surface area contributed by atoms with Crippen LogP contribution in [0.3, 0.4) is 0 Å². The Bertz CT molecular complexity index is 534. The van der Waals surface area contributed by atoms with E-state index in [0.29, 0.717) is 12.8 Å². The van der Waals surface area contributed by atoms with Gasteiger partial charge in [0.2, 0.25) is 0 Å². The topological polar surface area (TPSA) is 39.6 Å². The number of hydrogen-bond acceptors (Lipinski definition) is 1. The van der Waals surface area contributed by atoms with E-state index in [1.165, 1.54) is 12.1 Å². The maximum Gasteiger partial charge on any atom is 0.125 e. The van der Waals surface area contributed by atoms with Gasteiger partial charge in [-0.25, -0.2) is 4.39 Å². The highest BCUT2D eigenvalue weighted by molar-refractivity contribution is 5.86. The molecular formula is C12H11FN2. The van der Waals surface area contributed by atoms with E-state index < -0.39 is 0 Å². The van der Waals surface area contributed by atoms with Gasteiger partial charge in [0.15, 0.2) is 0 Å². The minimum absolute atomic E-state index is 0.228. The molecule has 1 aromatic carbocycles. The molecule has 0 amide bonds. The molecule has 0 radical (unpaired) electrons. The van der Waals surface area contributed by atoms with E-state index in [2.05, 4.69) is 11.1 Å². The van der Waals surface area contributed by atoms with E-state index in [0.717, 1.165) is 22.0 Å². The lowest BCUT2D eigenvalue weighted by molar-refractivity contribution is 0.628. The minimum Gasteiger partial charge on any atom is -0.361 e. The molecular weight excluding hydrogens is 191 g/mol. The van der Waals surface area contributed by atoms with Crippen molar-refractivity contribution in [3.63, 3.8) is 0 Å². The predicted octanol–water partition coefficient (Wildman–Crippen LogP) is 3.07. The average molecular weight is 202 g/mol. The Kier molecular flexibility index (Phi) is 2.42. The largest absolute Gasteiger partial charge is 0.361 e. The van der Waals surface area contributed by atoms with Crippen LogP contribution in [0.4, 0.5) is 4.39 Å². The van der Waals surface area contributed by atoms with E-state index in [1.54, 1.807) is 0 Å². The first-order valence-corrected chi connectivity index (χ1v) is 4.85. The summed E-state index contributed by atoms with van der Waals surface area (Å²) in [5, 5.41) is 9.58. The Morgan fingerprint density at radius 3 is 3.00 bits per heavy atom. The molecule has 1 N–H and O–H groups in total. The molecule has 0 atom stereocenters. The summed E-state index contributed by atoms with van der Waals surface area (Å²) in [7, 11) is 0. The van der Waals surface area contributed by atoms with Crippen LogP contribution in [0.15, 0.2) is 18.3 Å². The highest BCUT2D eigenvalue weighted by atomic mass is 19.1. The van der Waals surface area contributed by atoms with Crippen molar-refractivity contribution in [2.45, 2.75) is 19.8 Å². The number of aromatic amines is 1. The fraction of sp³-hybridized carbons (Fsp3) is 0.250. The maximum absolute atomic E-state index is 13.1. The molecule has 15 heavy (non-hydrogen) atoms. The number of benzene rings is 1. The minimum atomic E-state index is -0.228. The van der Waals surface area contributed by atoms with Crippen LogP contribution < -0.4 is 0 Å². The monoisotopic (exact) mass is 202 g/mol. The van der Waals surface area contributed by atoms with Gasteiger partial charge in [-0.15, -0.1) is 0 Å². The number of halogens is 1. The molecule has 76 valence electrons. The lowest BCUT2D eigenvalue weighted by Gasteiger charge is -2.00. The molecule has 2 rings (SSSR count). The Balaban J connectivity index is 2.55. The van der Waals surface area contributed by atoms with Crippen molar-refractivity contribution in [1.82, 2.24) is 4.98 Å². The van der Waals surface area contributed by atoms with Crippen LogP contribution in [0, 0.1) is 24.1 Å². The van der Waals surface area contributed by atoms with Gasteiger partial charge in [-0.2, -0.15) is 5.26 Å². The molecule has 0 saturated heterocycles. The molecule has 1 aromatic heterocycles. The Morgan fingerprint density at radius 2 is 2.27 bits per heavy atom. The lowest BCUT2D eigenvalue weighted by atomic mass is 10.0. The molecule has 0 unspecified atom stereocenters. The van der Waals surface area contributed by atoms with E-state index >= 15 is 0 Å². The number of nitriles is 1. The molecule has 1 heterocycles. The average Bonchev–Trinajstić information content (AvgIpc) is 2.58. The van der Waals surface area contributed by atoms with Gasteiger partial charge in [0.25, 0.3) is 0 Å². The molecule has 0 spiro atoms. The van der Waals surface area contributed by atoms with Crippen molar-refractivity contribution in [3.05, 3.63) is 35.3 Å². The number of nitrogens with zero attached hydrogens (tertiary/aromatic N) is 1. The SMILES string of the molecule is Cc1cc(F)cc2[nH]cc(CCC#N)c12. The summed E-state index contributed by atoms with van der Waals surface area (Å²) in [4.78, 5) is 3.03. The highest BCUT2D eigenvalue weighted by Gasteiger charge is 2.07. The van der Waals surface area contributed by atoms with Crippen LogP contribution in [0.2, 0.25) is 0 Å². The van der Waals surface area contributed by atoms with Crippen LogP contribution in [0.5, 0.6) is 0 Å². The summed E-state index contributed by atoms with van der Waals surface area (Å²) in [6.45, 7) is 1.88. The van der Waals surface area contributed by atoms with Crippen LogP contribution >= 0.6 is 0 Å². The molecule has 3 heteroatoms. The standard InChI is InChI=1S/C12H11FN2/c1-8-5-10(13)6-11-12(8)9(7-15-11)3-2-4-14/h5-7,15H,2-3H2,1H3. The second-order valence-electron chi connectivity index (χ2n) is 3.62. The summed E-state index contributed by atoms with van der Waals surface area (Å²) in [5.74, 6) is -0.228. The normalized spacial score (nSPS) is 10.5. The van der Waals surface area contributed by atoms with Crippen LogP contribution in [-0.4, -0.2) is 4.98 Å². The van der Waals surface area contributed by atoms with Crippen molar-refractivity contribution in [2.75, 3.05) is 0 Å². The molecule has 0 saturated carbocycles. The van der Waals surface area contributed by atoms with Crippen molar-refractivity contribution < 1.29 is 4.39 Å². The second kappa shape index (κ2) is 3.74. The molecule has 0 aliphatic heterocycles. The fourth-order valence-corrected chi connectivity index (χ4v) is 1.91. The Morgan fingerprint density at radius 1 is 1.47 bits per heavy atom. The van der Waals surface area contributed by atoms with Gasteiger partial charge in [0.05, 0.1) is 6.07 Å². The summed E-state index contributed by atoms with van der Waals surface area (Å²) < 4.78 is 13.1. The molecule has 0 aliphatic rings. The third-order valence-electron chi connectivity index (χ3n) is 2.53. The lowest BCUT2D eigenvalue weighted by Crippen LogP contribution is -1.85. The van der Waals surface area contributed by atoms with Crippen LogP contribution in [-0.2, 0) is 6.42 Å². The number of aryl methyl sites for hydroxylation is 2. The zero-order valence-corrected chi connectivity index (χ0v) is 8.47. The summed E-state index contributed by atoms with van der Waals surface area (Å²) in [6, 6.07) is 5.12. The molecule has 0 fully saturated rings. The smallest absolute Gasteiger partial charge is 0.125 e. The van der Waals surface area contributed by atoms with Gasteiger partial charge in [-0.1, -0.05) is 0 Å². The summed E-state index contributed by atoms with van der Waals surface area (Å²) in [5.41, 5.74) is 2.81. The Hall–Kier alpha value is -1.82. The van der Waals surface area contributed by atoms with Crippen molar-refractivity contribution >= 4 is 10.9 Å². The van der Waals surface area contributed by atoms with Crippen molar-refractivity contribution in [3.8, 4) is 6.07 Å². The quantitative estimate of drug-likeness (QED) is 0.798. The van der Waals surface area contributed by atoms with Gasteiger partial charge >= 0.3 is 0 Å². The zero-order chi connectivity index (χ0) is 10.8. The third-order valence-corrected chi connectivity index (χ3v) is 2.53. The zero-order valence-electron chi connectivity index (χ0n) is 8.47. The van der Waals surface area contributed by atoms with Crippen LogP contribution in [0.1, 0.15) is 17.5 Å². The summed E-state index contributed by atoms with van der Waals surface area (Å²) in [6.07, 6.45) is 3.06. The first kappa shape index (κ1) is 9.72. The first-order valence-electron chi connectivity index (χ1n) is 4.85. The number of hydrogen-bond donors (Lipinski definition) is 1. The van der Waals surface area contributed by atoms with Gasteiger partial charge in [-0.3, -0.25) is 0 Å². The Labute approximate surface area is 87.3 Å². The second-order valence-corrected chi connectivity index (χ2v) is 3.62. The molecule has 2 aromatic rings. The van der Waals surface area contributed by atoms with Crippen molar-refractivity contribution in [2.24, 2.45) is 0 Å². The maximum atomic E-state index is 13.1. The van der Waals surface area contributed by atoms with Gasteiger partial charge < -0.3 is 4.98 Å². The van der Waals surface area contributed by atoms with E-state index in [4.69, 9.17) is 5.26 Å². The number of H-pyrrole nitrogens is 1. The number of aromatic nitrogens is 1. The first-order chi connectivity index (χ1) is 7.22. The summed E-state index contributed by atoms with van der Waals surface area (Å²) >= 11 is 0. The number of nitrogens with one attached hydrogen (secondary N) is 1. The van der Waals surface area contributed by atoms with Gasteiger partial charge in [-0.05, 0) is 36.6 Å². The molecule has 0 aliphatic carbocycles.